The average Bonchev–Trinajstić information content (AvgIpc) is 2.90. The lowest BCUT2D eigenvalue weighted by molar-refractivity contribution is -0.138. The summed E-state index contributed by atoms with van der Waals surface area (Å²) < 4.78 is 29.7. The van der Waals surface area contributed by atoms with Gasteiger partial charge >= 0.3 is 5.97 Å². The second-order valence-electron chi connectivity index (χ2n) is 5.63. The third-order valence-corrected chi connectivity index (χ3v) is 5.15. The molecule has 1 aliphatic heterocycles. The summed E-state index contributed by atoms with van der Waals surface area (Å²) in [7, 11) is -3.27. The van der Waals surface area contributed by atoms with Gasteiger partial charge in [-0.2, -0.15) is 0 Å². The van der Waals surface area contributed by atoms with Gasteiger partial charge in [0.05, 0.1) is 6.26 Å². The van der Waals surface area contributed by atoms with Crippen LogP contribution >= 0.6 is 0 Å². The number of sulfonamides is 1. The monoisotopic (exact) mass is 344 g/mol. The highest BCUT2D eigenvalue weighted by atomic mass is 32.2. The fourth-order valence-corrected chi connectivity index (χ4v) is 3.56. The Morgan fingerprint density at radius 2 is 1.96 bits per heavy atom. The zero-order valence-corrected chi connectivity index (χ0v) is 13.9. The van der Waals surface area contributed by atoms with Crippen LogP contribution in [0.3, 0.4) is 0 Å². The highest BCUT2D eigenvalue weighted by molar-refractivity contribution is 7.88. The van der Waals surface area contributed by atoms with Crippen LogP contribution in [0.1, 0.15) is 29.2 Å². The van der Waals surface area contributed by atoms with Gasteiger partial charge in [0.2, 0.25) is 10.0 Å². The Bertz CT molecular complexity index is 688. The second kappa shape index (κ2) is 6.71. The van der Waals surface area contributed by atoms with Gasteiger partial charge in [0.15, 0.2) is 5.76 Å². The summed E-state index contributed by atoms with van der Waals surface area (Å²) in [6, 6.07) is 2.82. The number of carbonyl (C=O) groups excluding carboxylic acids is 1. The van der Waals surface area contributed by atoms with Crippen molar-refractivity contribution >= 4 is 21.9 Å². The number of hydrogen-bond donors (Lipinski definition) is 1. The van der Waals surface area contributed by atoms with Gasteiger partial charge in [-0.3, -0.25) is 9.59 Å². The second-order valence-corrected chi connectivity index (χ2v) is 7.61. The van der Waals surface area contributed by atoms with E-state index in [2.05, 4.69) is 0 Å². The molecule has 0 radical (unpaired) electrons. The van der Waals surface area contributed by atoms with Crippen LogP contribution < -0.4 is 0 Å². The van der Waals surface area contributed by atoms with Crippen molar-refractivity contribution in [2.24, 2.45) is 0 Å². The zero-order valence-electron chi connectivity index (χ0n) is 13.1. The normalized spacial score (nSPS) is 17.1. The molecule has 0 atom stereocenters. The van der Waals surface area contributed by atoms with Crippen molar-refractivity contribution in [3.63, 3.8) is 0 Å². The number of hydrogen-bond acceptors (Lipinski definition) is 5. The summed E-state index contributed by atoms with van der Waals surface area (Å²) in [6.07, 6.45) is 1.93. The smallest absolute Gasteiger partial charge is 0.323 e. The maximum atomic E-state index is 12.5. The molecule has 9 heteroatoms. The van der Waals surface area contributed by atoms with E-state index in [-0.39, 0.29) is 24.9 Å². The molecule has 8 nitrogen and oxygen atoms in total. The van der Waals surface area contributed by atoms with E-state index in [1.54, 1.807) is 13.0 Å². The molecule has 1 aliphatic rings. The number of nitrogens with zero attached hydrogens (tertiary/aromatic N) is 2. The fourth-order valence-electron chi connectivity index (χ4n) is 2.69. The predicted octanol–water partition coefficient (Wildman–Crippen LogP) is 0.539. The molecule has 1 aromatic rings. The third kappa shape index (κ3) is 4.32. The Kier molecular flexibility index (Phi) is 5.10. The summed E-state index contributed by atoms with van der Waals surface area (Å²) in [5.74, 6) is -0.949. The predicted molar refractivity (Wildman–Crippen MR) is 81.6 cm³/mol. The maximum absolute atomic E-state index is 12.5. The van der Waals surface area contributed by atoms with E-state index in [9.17, 15) is 18.0 Å². The van der Waals surface area contributed by atoms with Gasteiger partial charge in [-0.15, -0.1) is 0 Å². The van der Waals surface area contributed by atoms with Crippen LogP contribution in [0.4, 0.5) is 0 Å². The molecule has 2 rings (SSSR count). The lowest BCUT2D eigenvalue weighted by Crippen LogP contribution is -2.50. The largest absolute Gasteiger partial charge is 0.480 e. The van der Waals surface area contributed by atoms with Gasteiger partial charge < -0.3 is 14.4 Å². The van der Waals surface area contributed by atoms with Crippen LogP contribution in [0.15, 0.2) is 16.5 Å². The number of rotatable bonds is 5. The molecule has 0 aliphatic carbocycles. The van der Waals surface area contributed by atoms with E-state index >= 15 is 0 Å². The highest BCUT2D eigenvalue weighted by Crippen LogP contribution is 2.21. The number of amides is 1. The molecule has 1 fully saturated rings. The van der Waals surface area contributed by atoms with Gasteiger partial charge in [0.25, 0.3) is 5.91 Å². The van der Waals surface area contributed by atoms with Crippen molar-refractivity contribution in [1.82, 2.24) is 9.21 Å². The molecule has 0 aromatic carbocycles. The Labute approximate surface area is 134 Å². The minimum absolute atomic E-state index is 0.0919. The van der Waals surface area contributed by atoms with E-state index in [1.807, 2.05) is 0 Å². The number of aliphatic carboxylic acids is 1. The maximum Gasteiger partial charge on any atom is 0.323 e. The summed E-state index contributed by atoms with van der Waals surface area (Å²) in [4.78, 5) is 24.8. The average molecular weight is 344 g/mol. The first-order valence-corrected chi connectivity index (χ1v) is 9.07. The standard InChI is InChI=1S/C14H20N2O6S/c1-10-3-4-12(22-10)14(19)16(9-13(17)18)11-5-7-15(8-6-11)23(2,20)21/h3-4,11H,5-9H2,1-2H3,(H,17,18). The zero-order chi connectivity index (χ0) is 17.2. The van der Waals surface area contributed by atoms with E-state index in [0.717, 1.165) is 6.26 Å². The molecule has 23 heavy (non-hydrogen) atoms. The Hall–Kier alpha value is -1.87. The quantitative estimate of drug-likeness (QED) is 0.835. The van der Waals surface area contributed by atoms with Crippen LogP contribution in [0.2, 0.25) is 0 Å². The SMILES string of the molecule is Cc1ccc(C(=O)N(CC(=O)O)C2CCN(S(C)(=O)=O)CC2)o1. The number of carboxylic acid groups (broad SMARTS) is 1. The first-order chi connectivity index (χ1) is 10.7. The summed E-state index contributed by atoms with van der Waals surface area (Å²) in [6.45, 7) is 1.79. The van der Waals surface area contributed by atoms with Crippen LogP contribution in [0.25, 0.3) is 0 Å². The number of carboxylic acids is 1. The molecule has 0 spiro atoms. The minimum atomic E-state index is -3.27. The Morgan fingerprint density at radius 3 is 2.39 bits per heavy atom. The van der Waals surface area contributed by atoms with E-state index in [4.69, 9.17) is 9.52 Å². The lowest BCUT2D eigenvalue weighted by Gasteiger charge is -2.36. The van der Waals surface area contributed by atoms with Crippen molar-refractivity contribution in [3.8, 4) is 0 Å². The molecule has 2 heterocycles. The number of piperidine rings is 1. The summed E-state index contributed by atoms with van der Waals surface area (Å²) >= 11 is 0. The number of carbonyl (C=O) groups is 2. The van der Waals surface area contributed by atoms with Gasteiger partial charge in [0.1, 0.15) is 12.3 Å². The van der Waals surface area contributed by atoms with Gasteiger partial charge in [-0.1, -0.05) is 0 Å². The van der Waals surface area contributed by atoms with Crippen LogP contribution in [-0.2, 0) is 14.8 Å². The van der Waals surface area contributed by atoms with E-state index in [1.165, 1.54) is 15.3 Å². The lowest BCUT2D eigenvalue weighted by atomic mass is 10.0. The molecular weight excluding hydrogens is 324 g/mol. The van der Waals surface area contributed by atoms with Crippen LogP contribution in [0, 0.1) is 6.92 Å². The summed E-state index contributed by atoms with van der Waals surface area (Å²) in [5, 5.41) is 9.07. The minimum Gasteiger partial charge on any atom is -0.480 e. The Balaban J connectivity index is 2.13. The fraction of sp³-hybridized carbons (Fsp3) is 0.571. The van der Waals surface area contributed by atoms with Crippen molar-refractivity contribution in [3.05, 3.63) is 23.7 Å². The topological polar surface area (TPSA) is 108 Å². The van der Waals surface area contributed by atoms with E-state index < -0.39 is 28.4 Å². The first kappa shape index (κ1) is 17.5. The van der Waals surface area contributed by atoms with Crippen molar-refractivity contribution in [1.29, 1.82) is 0 Å². The van der Waals surface area contributed by atoms with Crippen molar-refractivity contribution < 1.29 is 27.5 Å². The molecule has 1 N–H and O–H groups in total. The summed E-state index contributed by atoms with van der Waals surface area (Å²) in [5.41, 5.74) is 0. The number of aryl methyl sites for hydroxylation is 1. The van der Waals surface area contributed by atoms with Crippen LogP contribution in [0.5, 0.6) is 0 Å². The van der Waals surface area contributed by atoms with Crippen LogP contribution in [-0.4, -0.2) is 66.5 Å². The van der Waals surface area contributed by atoms with Gasteiger partial charge in [-0.25, -0.2) is 12.7 Å². The van der Waals surface area contributed by atoms with Gasteiger partial charge in [0, 0.05) is 19.1 Å². The van der Waals surface area contributed by atoms with Crippen molar-refractivity contribution in [2.75, 3.05) is 25.9 Å². The van der Waals surface area contributed by atoms with Crippen molar-refractivity contribution in [2.45, 2.75) is 25.8 Å². The highest BCUT2D eigenvalue weighted by Gasteiger charge is 2.33. The first-order valence-electron chi connectivity index (χ1n) is 7.23. The molecule has 0 saturated carbocycles. The molecule has 128 valence electrons. The molecular formula is C14H20N2O6S. The third-order valence-electron chi connectivity index (χ3n) is 3.85. The number of furan rings is 1. The Morgan fingerprint density at radius 1 is 1.35 bits per heavy atom. The van der Waals surface area contributed by atoms with Gasteiger partial charge in [-0.05, 0) is 31.9 Å². The molecule has 1 saturated heterocycles. The molecule has 1 aromatic heterocycles. The molecule has 1 amide bonds. The van der Waals surface area contributed by atoms with E-state index in [0.29, 0.717) is 18.6 Å². The molecule has 0 bridgehead atoms. The molecule has 0 unspecified atom stereocenters.